The third-order valence-electron chi connectivity index (χ3n) is 2.73. The van der Waals surface area contributed by atoms with Gasteiger partial charge in [0.05, 0.1) is 17.8 Å². The molecule has 0 aliphatic carbocycles. The van der Waals surface area contributed by atoms with Crippen molar-refractivity contribution in [2.24, 2.45) is 0 Å². The lowest BCUT2D eigenvalue weighted by Gasteiger charge is -2.17. The van der Waals surface area contributed by atoms with E-state index in [1.54, 1.807) is 18.6 Å². The van der Waals surface area contributed by atoms with Crippen LogP contribution in [0, 0.1) is 0 Å². The minimum Gasteiger partial charge on any atom is -0.345 e. The highest BCUT2D eigenvalue weighted by Gasteiger charge is 2.15. The van der Waals surface area contributed by atoms with Gasteiger partial charge < -0.3 is 5.32 Å². The lowest BCUT2D eigenvalue weighted by Crippen LogP contribution is -2.28. The van der Waals surface area contributed by atoms with Crippen LogP contribution in [-0.4, -0.2) is 21.1 Å². The van der Waals surface area contributed by atoms with Crippen LogP contribution in [0.25, 0.3) is 0 Å². The van der Waals surface area contributed by atoms with Gasteiger partial charge in [0.2, 0.25) is 0 Å². The van der Waals surface area contributed by atoms with Crippen molar-refractivity contribution in [3.63, 3.8) is 0 Å². The minimum absolute atomic E-state index is 0.00824. The van der Waals surface area contributed by atoms with E-state index < -0.39 is 0 Å². The van der Waals surface area contributed by atoms with Crippen LogP contribution in [0.3, 0.4) is 0 Å². The van der Waals surface area contributed by atoms with Crippen molar-refractivity contribution in [2.75, 3.05) is 0 Å². The molecule has 2 aromatic heterocycles. The van der Waals surface area contributed by atoms with Crippen LogP contribution in [0.4, 0.5) is 0 Å². The summed E-state index contributed by atoms with van der Waals surface area (Å²) in [6.07, 6.45) is 8.49. The molecule has 0 radical (unpaired) electrons. The molecular formula is C13H16N4O. The smallest absolute Gasteiger partial charge is 0.254 e. The Hall–Kier alpha value is -2.17. The van der Waals surface area contributed by atoms with Crippen LogP contribution in [0.1, 0.15) is 41.7 Å². The normalized spacial score (nSPS) is 12.1. The van der Waals surface area contributed by atoms with Gasteiger partial charge in [-0.2, -0.15) is 5.10 Å². The molecule has 1 unspecified atom stereocenters. The first-order valence-corrected chi connectivity index (χ1v) is 6.01. The number of carbonyl (C=O) groups excluding carboxylic acids is 1. The number of amides is 1. The Morgan fingerprint density at radius 1 is 1.50 bits per heavy atom. The monoisotopic (exact) mass is 244 g/mol. The summed E-state index contributed by atoms with van der Waals surface area (Å²) < 4.78 is 0. The number of hydrogen-bond donors (Lipinski definition) is 2. The van der Waals surface area contributed by atoms with Crippen molar-refractivity contribution >= 4 is 5.91 Å². The van der Waals surface area contributed by atoms with E-state index in [2.05, 4.69) is 27.4 Å². The van der Waals surface area contributed by atoms with Crippen LogP contribution in [0.15, 0.2) is 36.9 Å². The summed E-state index contributed by atoms with van der Waals surface area (Å²) in [5.41, 5.74) is 1.57. The van der Waals surface area contributed by atoms with Crippen LogP contribution in [-0.2, 0) is 0 Å². The number of pyridine rings is 1. The number of nitrogens with zero attached hydrogens (tertiary/aromatic N) is 2. The van der Waals surface area contributed by atoms with Gasteiger partial charge in [-0.3, -0.25) is 14.9 Å². The maximum Gasteiger partial charge on any atom is 0.254 e. The molecule has 0 spiro atoms. The average molecular weight is 244 g/mol. The molecule has 0 aromatic carbocycles. The van der Waals surface area contributed by atoms with E-state index in [1.165, 1.54) is 6.20 Å². The minimum atomic E-state index is -0.119. The molecule has 5 heteroatoms. The van der Waals surface area contributed by atoms with Crippen LogP contribution in [0.5, 0.6) is 0 Å². The highest BCUT2D eigenvalue weighted by atomic mass is 16.1. The maximum absolute atomic E-state index is 12.0. The van der Waals surface area contributed by atoms with Gasteiger partial charge in [0, 0.05) is 18.6 Å². The molecule has 0 saturated heterocycles. The second-order valence-corrected chi connectivity index (χ2v) is 4.09. The molecule has 0 bridgehead atoms. The summed E-state index contributed by atoms with van der Waals surface area (Å²) >= 11 is 0. The third-order valence-corrected chi connectivity index (χ3v) is 2.73. The first-order valence-electron chi connectivity index (χ1n) is 6.01. The summed E-state index contributed by atoms with van der Waals surface area (Å²) in [4.78, 5) is 16.1. The largest absolute Gasteiger partial charge is 0.345 e. The number of carbonyl (C=O) groups is 1. The predicted molar refractivity (Wildman–Crippen MR) is 67.9 cm³/mol. The van der Waals surface area contributed by atoms with Gasteiger partial charge in [-0.15, -0.1) is 0 Å². The van der Waals surface area contributed by atoms with Crippen LogP contribution < -0.4 is 5.32 Å². The summed E-state index contributed by atoms with van der Waals surface area (Å²) in [5.74, 6) is -0.119. The topological polar surface area (TPSA) is 70.7 Å². The van der Waals surface area contributed by atoms with Crippen LogP contribution in [0.2, 0.25) is 0 Å². The molecule has 0 aliphatic rings. The highest BCUT2D eigenvalue weighted by Crippen LogP contribution is 2.17. The SMILES string of the molecule is CCCC(NC(=O)c1cn[nH]c1)c1cccnc1. The highest BCUT2D eigenvalue weighted by molar-refractivity contribution is 5.93. The van der Waals surface area contributed by atoms with Crippen molar-refractivity contribution in [2.45, 2.75) is 25.8 Å². The Balaban J connectivity index is 2.10. The molecule has 1 amide bonds. The number of aromatic amines is 1. The summed E-state index contributed by atoms with van der Waals surface area (Å²) in [5, 5.41) is 9.40. The van der Waals surface area contributed by atoms with E-state index in [4.69, 9.17) is 0 Å². The molecule has 94 valence electrons. The molecule has 18 heavy (non-hydrogen) atoms. The van der Waals surface area contributed by atoms with E-state index in [-0.39, 0.29) is 11.9 Å². The van der Waals surface area contributed by atoms with Crippen molar-refractivity contribution in [3.05, 3.63) is 48.0 Å². The molecule has 0 aliphatic heterocycles. The fourth-order valence-corrected chi connectivity index (χ4v) is 1.81. The lowest BCUT2D eigenvalue weighted by atomic mass is 10.0. The summed E-state index contributed by atoms with van der Waals surface area (Å²) in [7, 11) is 0. The summed E-state index contributed by atoms with van der Waals surface area (Å²) in [6.45, 7) is 2.09. The maximum atomic E-state index is 12.0. The molecule has 0 fully saturated rings. The number of rotatable bonds is 5. The van der Waals surface area contributed by atoms with Gasteiger partial charge in [0.15, 0.2) is 0 Å². The zero-order chi connectivity index (χ0) is 12.8. The predicted octanol–water partition coefficient (Wildman–Crippen LogP) is 2.08. The van der Waals surface area contributed by atoms with Crippen molar-refractivity contribution < 1.29 is 4.79 Å². The second kappa shape index (κ2) is 5.95. The van der Waals surface area contributed by atoms with Gasteiger partial charge in [-0.1, -0.05) is 19.4 Å². The third kappa shape index (κ3) is 2.94. The molecule has 5 nitrogen and oxygen atoms in total. The Labute approximate surface area is 106 Å². The van der Waals surface area contributed by atoms with E-state index in [0.717, 1.165) is 18.4 Å². The first-order chi connectivity index (χ1) is 8.81. The Morgan fingerprint density at radius 2 is 2.39 bits per heavy atom. The number of nitrogens with one attached hydrogen (secondary N) is 2. The van der Waals surface area contributed by atoms with Gasteiger partial charge in [0.1, 0.15) is 0 Å². The number of H-pyrrole nitrogens is 1. The van der Waals surface area contributed by atoms with E-state index in [0.29, 0.717) is 5.56 Å². The zero-order valence-corrected chi connectivity index (χ0v) is 10.3. The fourth-order valence-electron chi connectivity index (χ4n) is 1.81. The quantitative estimate of drug-likeness (QED) is 0.845. The number of aromatic nitrogens is 3. The van der Waals surface area contributed by atoms with Crippen molar-refractivity contribution in [1.82, 2.24) is 20.5 Å². The lowest BCUT2D eigenvalue weighted by molar-refractivity contribution is 0.0934. The zero-order valence-electron chi connectivity index (χ0n) is 10.3. The summed E-state index contributed by atoms with van der Waals surface area (Å²) in [6, 6.07) is 3.84. The molecular weight excluding hydrogens is 228 g/mol. The van der Waals surface area contributed by atoms with Gasteiger partial charge in [0.25, 0.3) is 5.91 Å². The molecule has 2 heterocycles. The van der Waals surface area contributed by atoms with E-state index in [9.17, 15) is 4.79 Å². The molecule has 1 atom stereocenters. The van der Waals surface area contributed by atoms with Gasteiger partial charge in [-0.05, 0) is 18.1 Å². The fraction of sp³-hybridized carbons (Fsp3) is 0.308. The molecule has 2 aromatic rings. The second-order valence-electron chi connectivity index (χ2n) is 4.09. The van der Waals surface area contributed by atoms with Crippen LogP contribution >= 0.6 is 0 Å². The molecule has 2 N–H and O–H groups in total. The standard InChI is InChI=1S/C13H16N4O/c1-2-4-12(10-5-3-6-14-7-10)17-13(18)11-8-15-16-9-11/h3,5-9,12H,2,4H2,1H3,(H,15,16)(H,17,18). The first kappa shape index (κ1) is 12.3. The average Bonchev–Trinajstić information content (AvgIpc) is 2.93. The number of hydrogen-bond acceptors (Lipinski definition) is 3. The molecule has 0 saturated carbocycles. The molecule has 2 rings (SSSR count). The van der Waals surface area contributed by atoms with Crippen molar-refractivity contribution in [3.8, 4) is 0 Å². The van der Waals surface area contributed by atoms with E-state index >= 15 is 0 Å². The Kier molecular flexibility index (Phi) is 4.06. The van der Waals surface area contributed by atoms with E-state index in [1.807, 2.05) is 12.1 Å². The van der Waals surface area contributed by atoms with Crippen molar-refractivity contribution in [1.29, 1.82) is 0 Å². The Morgan fingerprint density at radius 3 is 3.00 bits per heavy atom. The van der Waals surface area contributed by atoms with Gasteiger partial charge in [-0.25, -0.2) is 0 Å². The Bertz CT molecular complexity index is 481. The van der Waals surface area contributed by atoms with Gasteiger partial charge >= 0.3 is 0 Å².